The lowest BCUT2D eigenvalue weighted by Crippen LogP contribution is -2.19. The van der Waals surface area contributed by atoms with Gasteiger partial charge in [0.2, 0.25) is 0 Å². The van der Waals surface area contributed by atoms with Crippen molar-refractivity contribution in [2.45, 2.75) is 25.9 Å². The Labute approximate surface area is 116 Å². The zero-order chi connectivity index (χ0) is 14.5. The van der Waals surface area contributed by atoms with Crippen molar-refractivity contribution in [2.24, 2.45) is 0 Å². The molecule has 0 fully saturated rings. The second-order valence-corrected chi connectivity index (χ2v) is 4.61. The Balaban J connectivity index is 2.31. The minimum Gasteiger partial charge on any atom is -0.391 e. The zero-order valence-corrected chi connectivity index (χ0v) is 11.2. The van der Waals surface area contributed by atoms with Gasteiger partial charge >= 0.3 is 0 Å². The number of nitro groups is 1. The summed E-state index contributed by atoms with van der Waals surface area (Å²) < 4.78 is 0. The van der Waals surface area contributed by atoms with Crippen molar-refractivity contribution >= 4 is 22.3 Å². The molecule has 0 aliphatic heterocycles. The van der Waals surface area contributed by atoms with E-state index >= 15 is 0 Å². The molecule has 106 valence electrons. The van der Waals surface area contributed by atoms with Crippen molar-refractivity contribution < 1.29 is 10.0 Å². The van der Waals surface area contributed by atoms with Gasteiger partial charge in [0.1, 0.15) is 5.52 Å². The first-order valence-corrected chi connectivity index (χ1v) is 6.57. The van der Waals surface area contributed by atoms with Gasteiger partial charge in [-0.1, -0.05) is 13.3 Å². The number of rotatable bonds is 6. The van der Waals surface area contributed by atoms with Crippen LogP contribution < -0.4 is 5.32 Å². The lowest BCUT2D eigenvalue weighted by Gasteiger charge is -2.13. The van der Waals surface area contributed by atoms with Crippen LogP contribution in [0.4, 0.5) is 11.4 Å². The van der Waals surface area contributed by atoms with Crippen molar-refractivity contribution in [3.05, 3.63) is 40.6 Å². The smallest absolute Gasteiger partial charge is 0.278 e. The van der Waals surface area contributed by atoms with E-state index in [2.05, 4.69) is 10.3 Å². The lowest BCUT2D eigenvalue weighted by molar-refractivity contribution is -0.383. The van der Waals surface area contributed by atoms with E-state index in [4.69, 9.17) is 0 Å². The average molecular weight is 275 g/mol. The largest absolute Gasteiger partial charge is 0.391 e. The quantitative estimate of drug-likeness (QED) is 0.625. The Morgan fingerprint density at radius 3 is 2.95 bits per heavy atom. The van der Waals surface area contributed by atoms with Crippen molar-refractivity contribution in [3.63, 3.8) is 0 Å². The molecule has 1 aromatic heterocycles. The highest BCUT2D eigenvalue weighted by Gasteiger charge is 2.15. The number of aliphatic hydroxyl groups excluding tert-OH is 1. The fourth-order valence-electron chi connectivity index (χ4n) is 2.12. The monoisotopic (exact) mass is 275 g/mol. The number of benzene rings is 1. The van der Waals surface area contributed by atoms with Gasteiger partial charge in [-0.15, -0.1) is 0 Å². The maximum absolute atomic E-state index is 11.0. The Morgan fingerprint density at radius 1 is 1.45 bits per heavy atom. The van der Waals surface area contributed by atoms with E-state index in [9.17, 15) is 15.2 Å². The van der Waals surface area contributed by atoms with Gasteiger partial charge < -0.3 is 10.4 Å². The number of fused-ring (bicyclic) bond motifs is 1. The highest BCUT2D eigenvalue weighted by atomic mass is 16.6. The molecule has 0 amide bonds. The van der Waals surface area contributed by atoms with Gasteiger partial charge in [0.15, 0.2) is 0 Å². The summed E-state index contributed by atoms with van der Waals surface area (Å²) in [5.41, 5.74) is 1.28. The van der Waals surface area contributed by atoms with E-state index < -0.39 is 11.0 Å². The van der Waals surface area contributed by atoms with Crippen LogP contribution in [-0.2, 0) is 0 Å². The van der Waals surface area contributed by atoms with E-state index in [-0.39, 0.29) is 5.69 Å². The molecule has 1 heterocycles. The zero-order valence-electron chi connectivity index (χ0n) is 11.2. The molecule has 1 atom stereocenters. The number of nitro benzene ring substituents is 1. The number of nitrogens with zero attached hydrogens (tertiary/aromatic N) is 2. The number of aliphatic hydroxyl groups is 1. The fraction of sp³-hybridized carbons (Fsp3) is 0.357. The third-order valence-corrected chi connectivity index (χ3v) is 3.09. The maximum Gasteiger partial charge on any atom is 0.278 e. The lowest BCUT2D eigenvalue weighted by atomic mass is 10.1. The van der Waals surface area contributed by atoms with Crippen LogP contribution in [0, 0.1) is 10.1 Å². The van der Waals surface area contributed by atoms with E-state index in [1.165, 1.54) is 6.07 Å². The van der Waals surface area contributed by atoms with Crippen LogP contribution in [0.2, 0.25) is 0 Å². The molecule has 1 aromatic carbocycles. The third kappa shape index (κ3) is 3.03. The molecule has 0 spiro atoms. The van der Waals surface area contributed by atoms with Crippen LogP contribution >= 0.6 is 0 Å². The number of aromatic nitrogens is 1. The molecule has 2 aromatic rings. The van der Waals surface area contributed by atoms with Crippen LogP contribution in [0.3, 0.4) is 0 Å². The maximum atomic E-state index is 11.0. The van der Waals surface area contributed by atoms with Gasteiger partial charge in [-0.2, -0.15) is 0 Å². The number of hydrogen-bond acceptors (Lipinski definition) is 5. The normalized spacial score (nSPS) is 12.3. The number of pyridine rings is 1. The SMILES string of the molecule is CCCC(O)CNc1ccc([N+](=O)[O-])c2cccnc12. The molecule has 0 aliphatic rings. The molecule has 20 heavy (non-hydrogen) atoms. The van der Waals surface area contributed by atoms with Crippen LogP contribution in [0.15, 0.2) is 30.5 Å². The van der Waals surface area contributed by atoms with Gasteiger partial charge in [0, 0.05) is 18.8 Å². The van der Waals surface area contributed by atoms with Gasteiger partial charge in [-0.3, -0.25) is 15.1 Å². The van der Waals surface area contributed by atoms with Crippen molar-refractivity contribution in [3.8, 4) is 0 Å². The Kier molecular flexibility index (Phi) is 4.47. The Morgan fingerprint density at radius 2 is 2.25 bits per heavy atom. The van der Waals surface area contributed by atoms with E-state index in [0.29, 0.717) is 29.6 Å². The second-order valence-electron chi connectivity index (χ2n) is 4.61. The average Bonchev–Trinajstić information content (AvgIpc) is 2.44. The number of hydrogen-bond donors (Lipinski definition) is 2. The highest BCUT2D eigenvalue weighted by molar-refractivity contribution is 5.96. The predicted octanol–water partition coefficient (Wildman–Crippen LogP) is 2.72. The summed E-state index contributed by atoms with van der Waals surface area (Å²) in [6.07, 6.45) is 2.78. The van der Waals surface area contributed by atoms with Crippen molar-refractivity contribution in [1.29, 1.82) is 0 Å². The van der Waals surface area contributed by atoms with Crippen molar-refractivity contribution in [1.82, 2.24) is 4.98 Å². The first-order valence-electron chi connectivity index (χ1n) is 6.57. The molecule has 0 saturated carbocycles. The topological polar surface area (TPSA) is 88.3 Å². The summed E-state index contributed by atoms with van der Waals surface area (Å²) in [6.45, 7) is 2.41. The fourth-order valence-corrected chi connectivity index (χ4v) is 2.12. The van der Waals surface area contributed by atoms with Gasteiger partial charge in [-0.25, -0.2) is 0 Å². The Hall–Kier alpha value is -2.21. The molecule has 0 aliphatic carbocycles. The van der Waals surface area contributed by atoms with Crippen molar-refractivity contribution in [2.75, 3.05) is 11.9 Å². The van der Waals surface area contributed by atoms with Gasteiger partial charge in [-0.05, 0) is 24.6 Å². The van der Waals surface area contributed by atoms with E-state index in [1.807, 2.05) is 6.92 Å². The highest BCUT2D eigenvalue weighted by Crippen LogP contribution is 2.29. The summed E-state index contributed by atoms with van der Waals surface area (Å²) >= 11 is 0. The Bertz CT molecular complexity index is 616. The minimum absolute atomic E-state index is 0.0350. The second kappa shape index (κ2) is 6.29. The van der Waals surface area contributed by atoms with Crippen LogP contribution in [0.25, 0.3) is 10.9 Å². The number of non-ortho nitro benzene ring substituents is 1. The first-order chi connectivity index (χ1) is 9.63. The van der Waals surface area contributed by atoms with Gasteiger partial charge in [0.25, 0.3) is 5.69 Å². The molecule has 0 radical (unpaired) electrons. The molecule has 6 nitrogen and oxygen atoms in total. The number of nitrogens with one attached hydrogen (secondary N) is 1. The van der Waals surface area contributed by atoms with Gasteiger partial charge in [0.05, 0.1) is 22.1 Å². The molecule has 0 saturated heterocycles. The van der Waals surface area contributed by atoms with E-state index in [0.717, 1.165) is 6.42 Å². The molecule has 0 bridgehead atoms. The molecule has 2 rings (SSSR count). The summed E-state index contributed by atoms with van der Waals surface area (Å²) in [5, 5.41) is 24.3. The summed E-state index contributed by atoms with van der Waals surface area (Å²) in [7, 11) is 0. The summed E-state index contributed by atoms with van der Waals surface area (Å²) in [5.74, 6) is 0. The number of anilines is 1. The molecule has 1 unspecified atom stereocenters. The molecular formula is C14H17N3O3. The third-order valence-electron chi connectivity index (χ3n) is 3.09. The van der Waals surface area contributed by atoms with E-state index in [1.54, 1.807) is 24.4 Å². The first kappa shape index (κ1) is 14.2. The summed E-state index contributed by atoms with van der Waals surface area (Å²) in [4.78, 5) is 14.8. The minimum atomic E-state index is -0.436. The molecule has 6 heteroatoms. The predicted molar refractivity (Wildman–Crippen MR) is 77.8 cm³/mol. The van der Waals surface area contributed by atoms with Crippen LogP contribution in [0.1, 0.15) is 19.8 Å². The van der Waals surface area contributed by atoms with Crippen LogP contribution in [0.5, 0.6) is 0 Å². The summed E-state index contributed by atoms with van der Waals surface area (Å²) in [6, 6.07) is 6.43. The standard InChI is InChI=1S/C14H17N3O3/c1-2-4-10(18)9-16-12-6-7-13(17(19)20)11-5-3-8-15-14(11)12/h3,5-8,10,16,18H,2,4,9H2,1H3. The van der Waals surface area contributed by atoms with Crippen LogP contribution in [-0.4, -0.2) is 27.7 Å². The molecular weight excluding hydrogens is 258 g/mol. The molecule has 2 N–H and O–H groups in total.